The lowest BCUT2D eigenvalue weighted by Gasteiger charge is -2.13. The van der Waals surface area contributed by atoms with Gasteiger partial charge in [0.1, 0.15) is 5.76 Å². The van der Waals surface area contributed by atoms with E-state index in [1.54, 1.807) is 6.26 Å². The number of rotatable bonds is 3. The summed E-state index contributed by atoms with van der Waals surface area (Å²) in [5.74, 6) is 1.66. The third-order valence-electron chi connectivity index (χ3n) is 2.23. The quantitative estimate of drug-likeness (QED) is 0.823. The summed E-state index contributed by atoms with van der Waals surface area (Å²) in [6.45, 7) is 1.82. The van der Waals surface area contributed by atoms with E-state index < -0.39 is 0 Å². The minimum atomic E-state index is 0.147. The number of nitrogens with zero attached hydrogens (tertiary/aromatic N) is 1. The Morgan fingerprint density at radius 2 is 2.50 bits per heavy atom. The zero-order valence-corrected chi connectivity index (χ0v) is 8.55. The summed E-state index contributed by atoms with van der Waals surface area (Å²) in [5.41, 5.74) is 6.52. The molecular weight excluding hydrogens is 200 g/mol. The number of carbonyl (C=O) groups excluding carboxylic acids is 1. The molecule has 2 rings (SSSR count). The summed E-state index contributed by atoms with van der Waals surface area (Å²) in [6.07, 6.45) is 1.62. The molecule has 4 nitrogen and oxygen atoms in total. The van der Waals surface area contributed by atoms with E-state index in [-0.39, 0.29) is 5.24 Å². The Balaban J connectivity index is 2.06. The van der Waals surface area contributed by atoms with E-state index in [9.17, 15) is 4.79 Å². The zero-order valence-electron chi connectivity index (χ0n) is 7.73. The van der Waals surface area contributed by atoms with Crippen LogP contribution in [0.1, 0.15) is 11.3 Å². The van der Waals surface area contributed by atoms with E-state index in [0.29, 0.717) is 13.1 Å². The molecule has 76 valence electrons. The van der Waals surface area contributed by atoms with Gasteiger partial charge < -0.3 is 15.1 Å². The number of thioether (sulfide) groups is 1. The van der Waals surface area contributed by atoms with E-state index in [0.717, 1.165) is 23.6 Å². The van der Waals surface area contributed by atoms with Gasteiger partial charge >= 0.3 is 0 Å². The van der Waals surface area contributed by atoms with Gasteiger partial charge in [0, 0.05) is 24.4 Å². The highest BCUT2D eigenvalue weighted by molar-refractivity contribution is 8.13. The molecule has 0 radical (unpaired) electrons. The first-order chi connectivity index (χ1) is 6.81. The number of amides is 1. The van der Waals surface area contributed by atoms with Crippen LogP contribution in [0.15, 0.2) is 16.7 Å². The fourth-order valence-corrected chi connectivity index (χ4v) is 2.29. The van der Waals surface area contributed by atoms with Crippen molar-refractivity contribution in [2.45, 2.75) is 13.1 Å². The van der Waals surface area contributed by atoms with Crippen molar-refractivity contribution in [3.05, 3.63) is 23.7 Å². The lowest BCUT2D eigenvalue weighted by Crippen LogP contribution is -2.22. The maximum absolute atomic E-state index is 11.3. The van der Waals surface area contributed by atoms with Crippen LogP contribution in [-0.4, -0.2) is 22.4 Å². The van der Waals surface area contributed by atoms with E-state index >= 15 is 0 Å². The molecule has 1 fully saturated rings. The van der Waals surface area contributed by atoms with Crippen molar-refractivity contribution in [1.82, 2.24) is 4.90 Å². The second kappa shape index (κ2) is 4.06. The molecule has 0 unspecified atom stereocenters. The first-order valence-electron chi connectivity index (χ1n) is 4.48. The van der Waals surface area contributed by atoms with Crippen molar-refractivity contribution in [2.75, 3.05) is 12.3 Å². The molecule has 5 heteroatoms. The highest BCUT2D eigenvalue weighted by atomic mass is 32.2. The molecule has 1 aliphatic rings. The van der Waals surface area contributed by atoms with Gasteiger partial charge in [-0.3, -0.25) is 4.79 Å². The molecule has 0 spiro atoms. The second-order valence-corrected chi connectivity index (χ2v) is 4.16. The molecule has 1 aliphatic heterocycles. The van der Waals surface area contributed by atoms with Gasteiger partial charge in [-0.05, 0) is 6.07 Å². The Bertz CT molecular complexity index is 337. The summed E-state index contributed by atoms with van der Waals surface area (Å²) >= 11 is 1.37. The molecule has 1 amide bonds. The third-order valence-corrected chi connectivity index (χ3v) is 3.12. The van der Waals surface area contributed by atoms with Crippen molar-refractivity contribution in [1.29, 1.82) is 0 Å². The number of carbonyl (C=O) groups is 1. The van der Waals surface area contributed by atoms with Gasteiger partial charge in [0.15, 0.2) is 0 Å². The first kappa shape index (κ1) is 9.61. The summed E-state index contributed by atoms with van der Waals surface area (Å²) in [6, 6.07) is 1.87. The molecule has 2 heterocycles. The minimum Gasteiger partial charge on any atom is -0.468 e. The van der Waals surface area contributed by atoms with Gasteiger partial charge in [-0.2, -0.15) is 0 Å². The van der Waals surface area contributed by atoms with Crippen molar-refractivity contribution < 1.29 is 9.21 Å². The molecule has 0 atom stereocenters. The Morgan fingerprint density at radius 1 is 1.64 bits per heavy atom. The molecule has 0 saturated carbocycles. The minimum absolute atomic E-state index is 0.147. The average Bonchev–Trinajstić information content (AvgIpc) is 2.77. The van der Waals surface area contributed by atoms with Crippen LogP contribution in [-0.2, 0) is 13.1 Å². The third kappa shape index (κ3) is 1.78. The maximum Gasteiger partial charge on any atom is 0.282 e. The molecule has 0 aromatic carbocycles. The van der Waals surface area contributed by atoms with Gasteiger partial charge in [0.2, 0.25) is 0 Å². The predicted molar refractivity (Wildman–Crippen MR) is 54.9 cm³/mol. The topological polar surface area (TPSA) is 59.5 Å². The zero-order chi connectivity index (χ0) is 9.97. The van der Waals surface area contributed by atoms with Crippen molar-refractivity contribution in [3.63, 3.8) is 0 Å². The van der Waals surface area contributed by atoms with E-state index in [1.165, 1.54) is 11.8 Å². The summed E-state index contributed by atoms with van der Waals surface area (Å²) < 4.78 is 5.19. The lowest BCUT2D eigenvalue weighted by molar-refractivity contribution is 0.227. The largest absolute Gasteiger partial charge is 0.468 e. The van der Waals surface area contributed by atoms with Gasteiger partial charge in [0.05, 0.1) is 12.8 Å². The van der Waals surface area contributed by atoms with Crippen LogP contribution in [0.5, 0.6) is 0 Å². The number of nitrogens with two attached hydrogens (primary N) is 1. The maximum atomic E-state index is 11.3. The van der Waals surface area contributed by atoms with Crippen LogP contribution in [0.25, 0.3) is 0 Å². The normalized spacial score (nSPS) is 16.6. The van der Waals surface area contributed by atoms with Crippen molar-refractivity contribution in [2.24, 2.45) is 5.73 Å². The summed E-state index contributed by atoms with van der Waals surface area (Å²) in [7, 11) is 0. The van der Waals surface area contributed by atoms with Crippen LogP contribution in [0.2, 0.25) is 0 Å². The highest BCUT2D eigenvalue weighted by Crippen LogP contribution is 2.21. The Hall–Kier alpha value is -0.940. The van der Waals surface area contributed by atoms with Crippen molar-refractivity contribution >= 4 is 17.0 Å². The van der Waals surface area contributed by atoms with E-state index in [2.05, 4.69) is 0 Å². The number of hydrogen-bond donors (Lipinski definition) is 1. The van der Waals surface area contributed by atoms with Crippen LogP contribution in [0, 0.1) is 0 Å². The Morgan fingerprint density at radius 3 is 3.14 bits per heavy atom. The average molecular weight is 212 g/mol. The number of hydrogen-bond acceptors (Lipinski definition) is 4. The molecule has 0 aliphatic carbocycles. The first-order valence-corrected chi connectivity index (χ1v) is 5.47. The molecule has 14 heavy (non-hydrogen) atoms. The van der Waals surface area contributed by atoms with Crippen LogP contribution in [0.3, 0.4) is 0 Å². The fourth-order valence-electron chi connectivity index (χ4n) is 1.46. The van der Waals surface area contributed by atoms with Gasteiger partial charge in [-0.25, -0.2) is 0 Å². The predicted octanol–water partition coefficient (Wildman–Crippen LogP) is 1.41. The highest BCUT2D eigenvalue weighted by Gasteiger charge is 2.22. The standard InChI is InChI=1S/C9H12N2O2S/c10-5-8-7(1-3-13-8)6-11-2-4-14-9(11)12/h1,3H,2,4-6,10H2. The number of furan rings is 1. The van der Waals surface area contributed by atoms with Gasteiger partial charge in [-0.15, -0.1) is 0 Å². The van der Waals surface area contributed by atoms with E-state index in [4.69, 9.17) is 10.2 Å². The Labute approximate surface area is 86.4 Å². The van der Waals surface area contributed by atoms with Gasteiger partial charge in [0.25, 0.3) is 5.24 Å². The van der Waals surface area contributed by atoms with Crippen molar-refractivity contribution in [3.8, 4) is 0 Å². The van der Waals surface area contributed by atoms with E-state index in [1.807, 2.05) is 11.0 Å². The molecular formula is C9H12N2O2S. The molecule has 2 N–H and O–H groups in total. The monoisotopic (exact) mass is 212 g/mol. The molecule has 1 aromatic rings. The molecule has 1 saturated heterocycles. The summed E-state index contributed by atoms with van der Waals surface area (Å²) in [5, 5.41) is 0.147. The smallest absolute Gasteiger partial charge is 0.282 e. The lowest BCUT2D eigenvalue weighted by atomic mass is 10.2. The van der Waals surface area contributed by atoms with Gasteiger partial charge in [-0.1, -0.05) is 11.8 Å². The van der Waals surface area contributed by atoms with Crippen LogP contribution < -0.4 is 5.73 Å². The Kier molecular flexibility index (Phi) is 2.79. The van der Waals surface area contributed by atoms with Crippen LogP contribution in [0.4, 0.5) is 4.79 Å². The SMILES string of the molecule is NCc1occc1CN1CCSC1=O. The molecule has 1 aromatic heterocycles. The fraction of sp³-hybridized carbons (Fsp3) is 0.444. The van der Waals surface area contributed by atoms with Crippen LogP contribution >= 0.6 is 11.8 Å². The second-order valence-electron chi connectivity index (χ2n) is 3.11. The summed E-state index contributed by atoms with van der Waals surface area (Å²) in [4.78, 5) is 13.1. The molecule has 0 bridgehead atoms.